The van der Waals surface area contributed by atoms with Gasteiger partial charge in [0.05, 0.1) is 25.2 Å². The fraction of sp³-hybridized carbons (Fsp3) is 0.217. The Labute approximate surface area is 167 Å². The molecule has 148 valence electrons. The van der Waals surface area contributed by atoms with Crippen molar-refractivity contribution < 1.29 is 23.8 Å². The molecule has 6 heteroatoms. The van der Waals surface area contributed by atoms with E-state index >= 15 is 0 Å². The Kier molecular flexibility index (Phi) is 4.84. The molecular formula is C23H20O6. The number of carboxylic acids is 1. The Bertz CT molecular complexity index is 1200. The zero-order chi connectivity index (χ0) is 20.5. The highest BCUT2D eigenvalue weighted by Crippen LogP contribution is 2.35. The summed E-state index contributed by atoms with van der Waals surface area (Å²) in [5, 5.41) is 9.50. The summed E-state index contributed by atoms with van der Waals surface area (Å²) < 4.78 is 16.9. The highest BCUT2D eigenvalue weighted by molar-refractivity contribution is 5.93. The van der Waals surface area contributed by atoms with Crippen molar-refractivity contribution >= 4 is 28.6 Å². The quantitative estimate of drug-likeness (QED) is 0.709. The Balaban J connectivity index is 1.90. The van der Waals surface area contributed by atoms with E-state index in [9.17, 15) is 14.7 Å². The molecule has 4 rings (SSSR count). The molecule has 1 N–H and O–H groups in total. The van der Waals surface area contributed by atoms with Crippen LogP contribution in [0.2, 0.25) is 0 Å². The van der Waals surface area contributed by atoms with Crippen molar-refractivity contribution in [3.63, 3.8) is 0 Å². The van der Waals surface area contributed by atoms with Gasteiger partial charge in [-0.3, -0.25) is 4.79 Å². The summed E-state index contributed by atoms with van der Waals surface area (Å²) in [5.74, 6) is 0.880. The molecule has 0 saturated heterocycles. The van der Waals surface area contributed by atoms with Crippen LogP contribution >= 0.6 is 0 Å². The maximum absolute atomic E-state index is 13.0. The van der Waals surface area contributed by atoms with Gasteiger partial charge in [0.1, 0.15) is 22.8 Å². The first-order valence-corrected chi connectivity index (χ1v) is 9.28. The molecule has 29 heavy (non-hydrogen) atoms. The van der Waals surface area contributed by atoms with Crippen LogP contribution in [0.25, 0.3) is 22.6 Å². The van der Waals surface area contributed by atoms with Crippen molar-refractivity contribution in [2.24, 2.45) is 0 Å². The summed E-state index contributed by atoms with van der Waals surface area (Å²) in [6, 6.07) is 9.89. The smallest absolute Gasteiger partial charge is 0.335 e. The molecule has 3 aromatic rings. The topological polar surface area (TPSA) is 86.0 Å². The first-order valence-electron chi connectivity index (χ1n) is 9.28. The molecule has 1 aliphatic rings. The first kappa shape index (κ1) is 18.8. The number of carbonyl (C=O) groups is 1. The number of hydrogen-bond donors (Lipinski definition) is 1. The largest absolute Gasteiger partial charge is 0.497 e. The maximum atomic E-state index is 13.0. The number of fused-ring (bicyclic) bond motifs is 2. The number of carboxylic acid groups (broad SMARTS) is 1. The molecule has 0 radical (unpaired) electrons. The van der Waals surface area contributed by atoms with E-state index in [1.54, 1.807) is 20.3 Å². The monoisotopic (exact) mass is 392 g/mol. The lowest BCUT2D eigenvalue weighted by atomic mass is 9.90. The molecule has 0 aliphatic heterocycles. The van der Waals surface area contributed by atoms with Gasteiger partial charge >= 0.3 is 5.97 Å². The predicted octanol–water partition coefficient (Wildman–Crippen LogP) is 4.39. The highest BCUT2D eigenvalue weighted by atomic mass is 16.5. The SMILES string of the molecule is COc1ccc(OC)c(C=C2CCCc3c2oc2ccc(C(=O)O)cc2c3=O)c1. The maximum Gasteiger partial charge on any atom is 0.335 e. The van der Waals surface area contributed by atoms with Crippen molar-refractivity contribution in [2.75, 3.05) is 14.2 Å². The predicted molar refractivity (Wildman–Crippen MR) is 110 cm³/mol. The zero-order valence-corrected chi connectivity index (χ0v) is 16.2. The Morgan fingerprint density at radius 2 is 1.93 bits per heavy atom. The van der Waals surface area contributed by atoms with Gasteiger partial charge in [0.25, 0.3) is 0 Å². The van der Waals surface area contributed by atoms with Gasteiger partial charge in [-0.15, -0.1) is 0 Å². The van der Waals surface area contributed by atoms with Crippen molar-refractivity contribution in [1.29, 1.82) is 0 Å². The average Bonchev–Trinajstić information content (AvgIpc) is 2.74. The van der Waals surface area contributed by atoms with Gasteiger partial charge in [-0.2, -0.15) is 0 Å². The Hall–Kier alpha value is -3.54. The van der Waals surface area contributed by atoms with Gasteiger partial charge in [-0.05, 0) is 67.3 Å². The van der Waals surface area contributed by atoms with Gasteiger partial charge < -0.3 is 19.0 Å². The van der Waals surface area contributed by atoms with E-state index in [2.05, 4.69) is 0 Å². The third-order valence-corrected chi connectivity index (χ3v) is 5.16. The first-order chi connectivity index (χ1) is 14.0. The third kappa shape index (κ3) is 3.38. The van der Waals surface area contributed by atoms with Crippen LogP contribution < -0.4 is 14.9 Å². The number of ether oxygens (including phenoxy) is 2. The van der Waals surface area contributed by atoms with E-state index in [0.29, 0.717) is 40.2 Å². The van der Waals surface area contributed by atoms with E-state index in [1.807, 2.05) is 24.3 Å². The average molecular weight is 392 g/mol. The molecule has 0 unspecified atom stereocenters. The molecular weight excluding hydrogens is 372 g/mol. The standard InChI is InChI=1S/C23H20O6/c1-27-16-7-9-19(28-2)15(11-16)10-13-4-3-5-17-21(24)18-12-14(23(25)26)6-8-20(18)29-22(13)17/h6-12H,3-5H2,1-2H3,(H,25,26). The molecule has 1 aromatic heterocycles. The van der Waals surface area contributed by atoms with Crippen LogP contribution in [0, 0.1) is 0 Å². The van der Waals surface area contributed by atoms with Gasteiger partial charge in [0.15, 0.2) is 5.43 Å². The second kappa shape index (κ2) is 7.47. The Morgan fingerprint density at radius 3 is 2.66 bits per heavy atom. The van der Waals surface area contributed by atoms with Crippen molar-refractivity contribution in [1.82, 2.24) is 0 Å². The van der Waals surface area contributed by atoms with Gasteiger partial charge in [0, 0.05) is 11.1 Å². The van der Waals surface area contributed by atoms with Crippen LogP contribution in [0.15, 0.2) is 45.6 Å². The number of rotatable bonds is 4. The third-order valence-electron chi connectivity index (χ3n) is 5.16. The second-order valence-corrected chi connectivity index (χ2v) is 6.89. The van der Waals surface area contributed by atoms with Crippen LogP contribution in [0.4, 0.5) is 0 Å². The van der Waals surface area contributed by atoms with E-state index in [1.165, 1.54) is 12.1 Å². The normalized spacial score (nSPS) is 14.6. The lowest BCUT2D eigenvalue weighted by Gasteiger charge is -2.18. The molecule has 0 spiro atoms. The van der Waals surface area contributed by atoms with Crippen LogP contribution in [0.5, 0.6) is 11.5 Å². The lowest BCUT2D eigenvalue weighted by molar-refractivity contribution is 0.0697. The van der Waals surface area contributed by atoms with Crippen molar-refractivity contribution in [2.45, 2.75) is 19.3 Å². The minimum absolute atomic E-state index is 0.0671. The molecule has 0 saturated carbocycles. The number of benzene rings is 2. The second-order valence-electron chi connectivity index (χ2n) is 6.89. The van der Waals surface area contributed by atoms with E-state index < -0.39 is 5.97 Å². The van der Waals surface area contributed by atoms with Crippen LogP contribution in [-0.2, 0) is 6.42 Å². The summed E-state index contributed by atoms with van der Waals surface area (Å²) >= 11 is 0. The number of hydrogen-bond acceptors (Lipinski definition) is 5. The fourth-order valence-corrected chi connectivity index (χ4v) is 3.70. The van der Waals surface area contributed by atoms with Gasteiger partial charge in [-0.25, -0.2) is 4.79 Å². The summed E-state index contributed by atoms with van der Waals surface area (Å²) in [6.45, 7) is 0. The summed E-state index contributed by atoms with van der Waals surface area (Å²) in [5.41, 5.74) is 2.59. The summed E-state index contributed by atoms with van der Waals surface area (Å²) in [7, 11) is 3.21. The molecule has 2 aromatic carbocycles. The number of methoxy groups -OCH3 is 2. The number of allylic oxidation sites excluding steroid dienone is 1. The Morgan fingerprint density at radius 1 is 1.10 bits per heavy atom. The minimum Gasteiger partial charge on any atom is -0.497 e. The summed E-state index contributed by atoms with van der Waals surface area (Å²) in [6.07, 6.45) is 4.12. The summed E-state index contributed by atoms with van der Waals surface area (Å²) in [4.78, 5) is 24.3. The number of aromatic carboxylic acids is 1. The van der Waals surface area contributed by atoms with E-state index in [-0.39, 0.29) is 11.0 Å². The zero-order valence-electron chi connectivity index (χ0n) is 16.2. The molecule has 0 atom stereocenters. The molecule has 0 amide bonds. The van der Waals surface area contributed by atoms with Crippen LogP contribution in [0.3, 0.4) is 0 Å². The minimum atomic E-state index is -1.07. The van der Waals surface area contributed by atoms with Crippen LogP contribution in [-0.4, -0.2) is 25.3 Å². The molecule has 0 fully saturated rings. The van der Waals surface area contributed by atoms with Crippen molar-refractivity contribution in [3.05, 3.63) is 69.1 Å². The van der Waals surface area contributed by atoms with E-state index in [4.69, 9.17) is 13.9 Å². The fourth-order valence-electron chi connectivity index (χ4n) is 3.70. The molecule has 1 heterocycles. The van der Waals surface area contributed by atoms with Crippen LogP contribution in [0.1, 0.15) is 40.1 Å². The lowest BCUT2D eigenvalue weighted by Crippen LogP contribution is -2.16. The molecule has 0 bridgehead atoms. The van der Waals surface area contributed by atoms with Gasteiger partial charge in [-0.1, -0.05) is 0 Å². The molecule has 6 nitrogen and oxygen atoms in total. The highest BCUT2D eigenvalue weighted by Gasteiger charge is 2.23. The van der Waals surface area contributed by atoms with Gasteiger partial charge in [0.2, 0.25) is 0 Å². The van der Waals surface area contributed by atoms with E-state index in [0.717, 1.165) is 24.0 Å². The molecule has 1 aliphatic carbocycles. The van der Waals surface area contributed by atoms with Crippen molar-refractivity contribution in [3.8, 4) is 11.5 Å².